The van der Waals surface area contributed by atoms with Gasteiger partial charge in [0.25, 0.3) is 0 Å². The van der Waals surface area contributed by atoms with Crippen LogP contribution in [0.4, 0.5) is 0 Å². The first-order valence-electron chi connectivity index (χ1n) is 4.38. The average molecular weight is 169 g/mol. The Kier molecular flexibility index (Phi) is 4.15. The molecule has 0 bridgehead atoms. The van der Waals surface area contributed by atoms with E-state index in [4.69, 9.17) is 5.41 Å². The first-order chi connectivity index (χ1) is 5.35. The van der Waals surface area contributed by atoms with Gasteiger partial charge in [0.05, 0.1) is 6.21 Å². The van der Waals surface area contributed by atoms with E-state index in [9.17, 15) is 4.79 Å². The molecule has 0 aromatic heterocycles. The third-order valence-electron chi connectivity index (χ3n) is 1.67. The molecule has 0 aliphatic carbocycles. The number of carbonyl (C=O) groups excluding carboxylic acids is 1. The van der Waals surface area contributed by atoms with E-state index in [0.29, 0.717) is 12.3 Å². The molecule has 0 aliphatic rings. The zero-order chi connectivity index (χ0) is 9.78. The Labute approximate surface area is 74.9 Å². The monoisotopic (exact) mass is 169 g/mol. The molecule has 0 saturated heterocycles. The van der Waals surface area contributed by atoms with Crippen molar-refractivity contribution >= 4 is 12.0 Å². The van der Waals surface area contributed by atoms with E-state index in [1.165, 1.54) is 0 Å². The molecule has 0 aliphatic heterocycles. The SMILES string of the molecule is CC(CC(=O)C=N)CC(C)(C)C. The summed E-state index contributed by atoms with van der Waals surface area (Å²) in [5.41, 5.74) is 0.279. The molecule has 1 unspecified atom stereocenters. The van der Waals surface area contributed by atoms with Crippen LogP contribution in [0.3, 0.4) is 0 Å². The summed E-state index contributed by atoms with van der Waals surface area (Å²) in [6.07, 6.45) is 2.46. The molecule has 0 radical (unpaired) electrons. The normalized spacial score (nSPS) is 14.0. The summed E-state index contributed by atoms with van der Waals surface area (Å²) in [6.45, 7) is 8.56. The van der Waals surface area contributed by atoms with Crippen molar-refractivity contribution in [2.75, 3.05) is 0 Å². The second kappa shape index (κ2) is 4.39. The van der Waals surface area contributed by atoms with Crippen LogP contribution in [0.1, 0.15) is 40.5 Å². The number of carbonyl (C=O) groups is 1. The van der Waals surface area contributed by atoms with Crippen molar-refractivity contribution in [3.8, 4) is 0 Å². The Bertz CT molecular complexity index is 167. The van der Waals surface area contributed by atoms with E-state index in [2.05, 4.69) is 27.7 Å². The molecular weight excluding hydrogens is 150 g/mol. The molecule has 0 aromatic carbocycles. The number of rotatable bonds is 4. The fraction of sp³-hybridized carbons (Fsp3) is 0.800. The highest BCUT2D eigenvalue weighted by Crippen LogP contribution is 2.25. The summed E-state index contributed by atoms with van der Waals surface area (Å²) in [6, 6.07) is 0. The molecule has 0 heterocycles. The van der Waals surface area contributed by atoms with Crippen LogP contribution >= 0.6 is 0 Å². The highest BCUT2D eigenvalue weighted by atomic mass is 16.1. The minimum Gasteiger partial charge on any atom is -0.305 e. The van der Waals surface area contributed by atoms with Gasteiger partial charge in [0.15, 0.2) is 5.78 Å². The van der Waals surface area contributed by atoms with E-state index in [0.717, 1.165) is 12.6 Å². The maximum atomic E-state index is 10.9. The van der Waals surface area contributed by atoms with Crippen LogP contribution in [0.25, 0.3) is 0 Å². The van der Waals surface area contributed by atoms with Crippen molar-refractivity contribution in [1.82, 2.24) is 0 Å². The minimum atomic E-state index is -0.0632. The van der Waals surface area contributed by atoms with Crippen molar-refractivity contribution in [3.05, 3.63) is 0 Å². The predicted molar refractivity (Wildman–Crippen MR) is 51.6 cm³/mol. The molecule has 0 amide bonds. The second-order valence-electron chi connectivity index (χ2n) is 4.68. The summed E-state index contributed by atoms with van der Waals surface area (Å²) in [4.78, 5) is 10.9. The molecule has 2 heteroatoms. The van der Waals surface area contributed by atoms with Crippen molar-refractivity contribution < 1.29 is 4.79 Å². The van der Waals surface area contributed by atoms with Crippen molar-refractivity contribution in [3.63, 3.8) is 0 Å². The topological polar surface area (TPSA) is 40.9 Å². The van der Waals surface area contributed by atoms with Crippen LogP contribution in [0.2, 0.25) is 0 Å². The largest absolute Gasteiger partial charge is 0.305 e. The molecule has 0 fully saturated rings. The summed E-state index contributed by atoms with van der Waals surface area (Å²) in [7, 11) is 0. The quantitative estimate of drug-likeness (QED) is 0.646. The van der Waals surface area contributed by atoms with Crippen LogP contribution in [0.15, 0.2) is 0 Å². The highest BCUT2D eigenvalue weighted by molar-refractivity contribution is 6.26. The van der Waals surface area contributed by atoms with Gasteiger partial charge in [-0.1, -0.05) is 27.7 Å². The van der Waals surface area contributed by atoms with Gasteiger partial charge in [-0.15, -0.1) is 0 Å². The third-order valence-corrected chi connectivity index (χ3v) is 1.67. The lowest BCUT2D eigenvalue weighted by atomic mass is 9.83. The Morgan fingerprint density at radius 2 is 2.00 bits per heavy atom. The van der Waals surface area contributed by atoms with Crippen LogP contribution in [0, 0.1) is 16.7 Å². The van der Waals surface area contributed by atoms with E-state index >= 15 is 0 Å². The Balaban J connectivity index is 3.82. The van der Waals surface area contributed by atoms with Crippen LogP contribution < -0.4 is 0 Å². The Morgan fingerprint density at radius 1 is 1.50 bits per heavy atom. The zero-order valence-corrected chi connectivity index (χ0v) is 8.48. The van der Waals surface area contributed by atoms with Gasteiger partial charge in [-0.25, -0.2) is 0 Å². The molecular formula is C10H19NO. The summed E-state index contributed by atoms with van der Waals surface area (Å²) in [5.74, 6) is 0.325. The Hall–Kier alpha value is -0.660. The van der Waals surface area contributed by atoms with Crippen molar-refractivity contribution in [2.45, 2.75) is 40.5 Å². The van der Waals surface area contributed by atoms with Gasteiger partial charge in [-0.2, -0.15) is 0 Å². The van der Waals surface area contributed by atoms with E-state index in [1.54, 1.807) is 0 Å². The molecule has 2 nitrogen and oxygen atoms in total. The van der Waals surface area contributed by atoms with Crippen LogP contribution in [-0.2, 0) is 4.79 Å². The highest BCUT2D eigenvalue weighted by Gasteiger charge is 2.16. The van der Waals surface area contributed by atoms with Gasteiger partial charge in [-0.3, -0.25) is 4.79 Å². The van der Waals surface area contributed by atoms with Gasteiger partial charge >= 0.3 is 0 Å². The van der Waals surface area contributed by atoms with Gasteiger partial charge in [-0.05, 0) is 17.8 Å². The molecule has 0 spiro atoms. The van der Waals surface area contributed by atoms with E-state index in [1.807, 2.05) is 0 Å². The molecule has 0 saturated carbocycles. The zero-order valence-electron chi connectivity index (χ0n) is 8.48. The molecule has 0 rings (SSSR count). The third kappa shape index (κ3) is 6.08. The lowest BCUT2D eigenvalue weighted by molar-refractivity contribution is -0.113. The first-order valence-corrected chi connectivity index (χ1v) is 4.38. The summed E-state index contributed by atoms with van der Waals surface area (Å²) >= 11 is 0. The molecule has 12 heavy (non-hydrogen) atoms. The lowest BCUT2D eigenvalue weighted by Gasteiger charge is -2.22. The number of hydrogen-bond donors (Lipinski definition) is 1. The van der Waals surface area contributed by atoms with E-state index < -0.39 is 0 Å². The smallest absolute Gasteiger partial charge is 0.173 e. The number of nitrogens with one attached hydrogen (secondary N) is 1. The lowest BCUT2D eigenvalue weighted by Crippen LogP contribution is -2.14. The van der Waals surface area contributed by atoms with Crippen molar-refractivity contribution in [2.24, 2.45) is 11.3 Å². The van der Waals surface area contributed by atoms with Crippen molar-refractivity contribution in [1.29, 1.82) is 5.41 Å². The predicted octanol–water partition coefficient (Wildman–Crippen LogP) is 2.67. The first kappa shape index (κ1) is 11.3. The number of ketones is 1. The van der Waals surface area contributed by atoms with E-state index in [-0.39, 0.29) is 11.2 Å². The second-order valence-corrected chi connectivity index (χ2v) is 4.68. The number of Topliss-reactive ketones (excluding diaryl/α,β-unsaturated/α-hetero) is 1. The van der Waals surface area contributed by atoms with Crippen LogP contribution in [-0.4, -0.2) is 12.0 Å². The maximum Gasteiger partial charge on any atom is 0.173 e. The molecule has 1 N–H and O–H groups in total. The number of hydrogen-bond acceptors (Lipinski definition) is 2. The minimum absolute atomic E-state index is 0.0632. The van der Waals surface area contributed by atoms with Gasteiger partial charge < -0.3 is 5.41 Å². The fourth-order valence-electron chi connectivity index (χ4n) is 1.52. The van der Waals surface area contributed by atoms with Gasteiger partial charge in [0.2, 0.25) is 0 Å². The molecule has 1 atom stereocenters. The fourth-order valence-corrected chi connectivity index (χ4v) is 1.52. The maximum absolute atomic E-state index is 10.9. The summed E-state index contributed by atoms with van der Waals surface area (Å²) in [5, 5.41) is 6.76. The molecule has 70 valence electrons. The van der Waals surface area contributed by atoms with Gasteiger partial charge in [0, 0.05) is 6.42 Å². The Morgan fingerprint density at radius 3 is 2.33 bits per heavy atom. The average Bonchev–Trinajstić information content (AvgIpc) is 1.82. The van der Waals surface area contributed by atoms with Crippen LogP contribution in [0.5, 0.6) is 0 Å². The molecule has 0 aromatic rings. The standard InChI is InChI=1S/C10H19NO/c1-8(5-9(12)7-11)6-10(2,3)4/h7-8,11H,5-6H2,1-4H3. The van der Waals surface area contributed by atoms with Gasteiger partial charge in [0.1, 0.15) is 0 Å². The summed E-state index contributed by atoms with van der Waals surface area (Å²) < 4.78 is 0.